The van der Waals surface area contributed by atoms with Gasteiger partial charge in [-0.3, -0.25) is 4.79 Å². The molecule has 1 N–H and O–H groups in total. The van der Waals surface area contributed by atoms with Crippen LogP contribution in [0.4, 0.5) is 18.9 Å². The number of carbonyl (C=O) groups is 1. The molecule has 2 aliphatic rings. The number of para-hydroxylation sites is 2. The molecule has 7 heteroatoms. The van der Waals surface area contributed by atoms with Gasteiger partial charge in [0.05, 0.1) is 13.2 Å². The quantitative estimate of drug-likeness (QED) is 0.656. The van der Waals surface area contributed by atoms with E-state index in [0.29, 0.717) is 29.2 Å². The van der Waals surface area contributed by atoms with E-state index < -0.39 is 35.6 Å². The summed E-state index contributed by atoms with van der Waals surface area (Å²) >= 11 is 0. The zero-order chi connectivity index (χ0) is 24.2. The molecule has 0 aliphatic carbocycles. The summed E-state index contributed by atoms with van der Waals surface area (Å²) in [7, 11) is 0. The monoisotopic (exact) mass is 461 g/mol. The van der Waals surface area contributed by atoms with E-state index in [9.17, 15) is 23.1 Å². The molecule has 4 rings (SSSR count). The van der Waals surface area contributed by atoms with Gasteiger partial charge >= 0.3 is 6.18 Å². The standard InChI is InChI=1S/C26H30F3NO3/c1-23(2,19-10-7-8-17-12-13-33-21(17)19)14-25(32,26(27,28)29)16-30-15-24(3,4)22(31)18-9-5-6-11-20(18)30/h5-11,32H,12-16H2,1-4H3. The average Bonchev–Trinajstić information content (AvgIpc) is 3.19. The number of hydrogen-bond donors (Lipinski definition) is 1. The summed E-state index contributed by atoms with van der Waals surface area (Å²) in [5.74, 6) is 0.518. The summed E-state index contributed by atoms with van der Waals surface area (Å²) in [4.78, 5) is 14.3. The Hall–Kier alpha value is -2.54. The van der Waals surface area contributed by atoms with Gasteiger partial charge < -0.3 is 14.7 Å². The van der Waals surface area contributed by atoms with Gasteiger partial charge in [0.2, 0.25) is 0 Å². The van der Waals surface area contributed by atoms with Crippen LogP contribution in [0.2, 0.25) is 0 Å². The molecule has 2 aliphatic heterocycles. The van der Waals surface area contributed by atoms with E-state index in [1.807, 2.05) is 12.1 Å². The lowest BCUT2D eigenvalue weighted by atomic mass is 9.73. The molecule has 33 heavy (non-hydrogen) atoms. The number of carbonyl (C=O) groups excluding carboxylic acids is 1. The fourth-order valence-electron chi connectivity index (χ4n) is 5.22. The molecule has 178 valence electrons. The Balaban J connectivity index is 1.71. The van der Waals surface area contributed by atoms with Gasteiger partial charge in [0.1, 0.15) is 5.75 Å². The van der Waals surface area contributed by atoms with E-state index in [1.54, 1.807) is 58.0 Å². The molecule has 2 heterocycles. The maximum absolute atomic E-state index is 14.4. The van der Waals surface area contributed by atoms with Crippen molar-refractivity contribution in [1.82, 2.24) is 0 Å². The van der Waals surface area contributed by atoms with Crippen LogP contribution in [0.1, 0.15) is 55.6 Å². The zero-order valence-corrected chi connectivity index (χ0v) is 19.4. The molecular weight excluding hydrogens is 431 g/mol. The number of Topliss-reactive ketones (excluding diaryl/α,β-unsaturated/α-hetero) is 1. The predicted octanol–water partition coefficient (Wildman–Crippen LogP) is 5.31. The number of β-amino-alcohol motifs (C(OH)–C–C–N with tert-alkyl or cyclic N) is 1. The highest BCUT2D eigenvalue weighted by atomic mass is 19.4. The zero-order valence-electron chi connectivity index (χ0n) is 19.4. The molecule has 4 nitrogen and oxygen atoms in total. The molecule has 2 aromatic carbocycles. The average molecular weight is 462 g/mol. The smallest absolute Gasteiger partial charge is 0.418 e. The van der Waals surface area contributed by atoms with Gasteiger partial charge in [0, 0.05) is 35.2 Å². The molecule has 0 amide bonds. The fraction of sp³-hybridized carbons (Fsp3) is 0.500. The second kappa shape index (κ2) is 7.76. The fourth-order valence-corrected chi connectivity index (χ4v) is 5.22. The molecule has 1 atom stereocenters. The Morgan fingerprint density at radius 3 is 2.48 bits per heavy atom. The van der Waals surface area contributed by atoms with Gasteiger partial charge in [0.15, 0.2) is 11.4 Å². The third kappa shape index (κ3) is 4.12. The lowest BCUT2D eigenvalue weighted by Crippen LogP contribution is -2.59. The number of ether oxygens (including phenoxy) is 1. The van der Waals surface area contributed by atoms with Crippen molar-refractivity contribution >= 4 is 11.5 Å². The van der Waals surface area contributed by atoms with Crippen LogP contribution in [-0.4, -0.2) is 42.4 Å². The number of nitrogens with zero attached hydrogens (tertiary/aromatic N) is 1. The summed E-state index contributed by atoms with van der Waals surface area (Å²) in [6.07, 6.45) is -4.70. The Labute approximate surface area is 192 Å². The van der Waals surface area contributed by atoms with E-state index >= 15 is 0 Å². The van der Waals surface area contributed by atoms with Gasteiger partial charge in [-0.2, -0.15) is 13.2 Å². The SMILES string of the molecule is CC1(C)CN(CC(O)(CC(C)(C)c2cccc3c2OCC3)C(F)(F)F)c2ccccc2C1=O. The summed E-state index contributed by atoms with van der Waals surface area (Å²) in [6.45, 7) is 6.78. The maximum Gasteiger partial charge on any atom is 0.418 e. The number of hydrogen-bond acceptors (Lipinski definition) is 4. The second-order valence-corrected chi connectivity index (χ2v) is 10.6. The maximum atomic E-state index is 14.4. The predicted molar refractivity (Wildman–Crippen MR) is 121 cm³/mol. The molecule has 0 fully saturated rings. The molecule has 0 radical (unpaired) electrons. The lowest BCUT2D eigenvalue weighted by molar-refractivity contribution is -0.262. The third-order valence-electron chi connectivity index (χ3n) is 6.85. The van der Waals surface area contributed by atoms with Crippen molar-refractivity contribution in [3.8, 4) is 5.75 Å². The number of ketones is 1. The third-order valence-corrected chi connectivity index (χ3v) is 6.85. The number of aliphatic hydroxyl groups is 1. The minimum absolute atomic E-state index is 0.0888. The molecule has 0 aromatic heterocycles. The number of anilines is 1. The minimum atomic E-state index is -4.87. The first kappa shape index (κ1) is 23.6. The van der Waals surface area contributed by atoms with Gasteiger partial charge in [-0.25, -0.2) is 0 Å². The Bertz CT molecular complexity index is 1080. The van der Waals surface area contributed by atoms with Crippen molar-refractivity contribution in [3.05, 3.63) is 59.2 Å². The molecule has 0 saturated carbocycles. The van der Waals surface area contributed by atoms with Crippen LogP contribution < -0.4 is 9.64 Å². The van der Waals surface area contributed by atoms with Crippen LogP contribution in [0.15, 0.2) is 42.5 Å². The normalized spacial score (nSPS) is 19.5. The molecule has 0 saturated heterocycles. The van der Waals surface area contributed by atoms with Crippen molar-refractivity contribution in [2.24, 2.45) is 5.41 Å². The number of halogens is 3. The van der Waals surface area contributed by atoms with Crippen molar-refractivity contribution in [2.45, 2.75) is 57.7 Å². The molecule has 2 aromatic rings. The first-order valence-electron chi connectivity index (χ1n) is 11.2. The van der Waals surface area contributed by atoms with E-state index in [4.69, 9.17) is 4.74 Å². The van der Waals surface area contributed by atoms with Crippen LogP contribution in [-0.2, 0) is 11.8 Å². The van der Waals surface area contributed by atoms with Crippen molar-refractivity contribution < 1.29 is 27.8 Å². The van der Waals surface area contributed by atoms with Gasteiger partial charge in [-0.15, -0.1) is 0 Å². The van der Waals surface area contributed by atoms with Crippen LogP contribution in [0, 0.1) is 5.41 Å². The van der Waals surface area contributed by atoms with Crippen LogP contribution in [0.5, 0.6) is 5.75 Å². The van der Waals surface area contributed by atoms with Crippen LogP contribution >= 0.6 is 0 Å². The Morgan fingerprint density at radius 1 is 1.09 bits per heavy atom. The van der Waals surface area contributed by atoms with Gasteiger partial charge in [0.25, 0.3) is 0 Å². The summed E-state index contributed by atoms with van der Waals surface area (Å²) in [5, 5.41) is 11.2. The van der Waals surface area contributed by atoms with E-state index in [0.717, 1.165) is 12.0 Å². The number of rotatable bonds is 5. The van der Waals surface area contributed by atoms with Crippen LogP contribution in [0.25, 0.3) is 0 Å². The molecule has 0 bridgehead atoms. The van der Waals surface area contributed by atoms with Crippen molar-refractivity contribution in [3.63, 3.8) is 0 Å². The highest BCUT2D eigenvalue weighted by molar-refractivity contribution is 6.06. The summed E-state index contributed by atoms with van der Waals surface area (Å²) in [5.41, 5.74) is -2.44. The minimum Gasteiger partial charge on any atom is -0.493 e. The number of benzene rings is 2. The molecule has 1 unspecified atom stereocenters. The van der Waals surface area contributed by atoms with Gasteiger partial charge in [-0.05, 0) is 29.5 Å². The van der Waals surface area contributed by atoms with Crippen LogP contribution in [0.3, 0.4) is 0 Å². The second-order valence-electron chi connectivity index (χ2n) is 10.6. The number of alkyl halides is 3. The van der Waals surface area contributed by atoms with Gasteiger partial charge in [-0.1, -0.05) is 58.0 Å². The van der Waals surface area contributed by atoms with E-state index in [1.165, 1.54) is 4.90 Å². The Kier molecular flexibility index (Phi) is 5.55. The molecular formula is C26H30F3NO3. The van der Waals surface area contributed by atoms with Crippen molar-refractivity contribution in [1.29, 1.82) is 0 Å². The topological polar surface area (TPSA) is 49.8 Å². The largest absolute Gasteiger partial charge is 0.493 e. The first-order valence-corrected chi connectivity index (χ1v) is 11.2. The highest BCUT2D eigenvalue weighted by Gasteiger charge is 2.58. The Morgan fingerprint density at radius 2 is 1.79 bits per heavy atom. The highest BCUT2D eigenvalue weighted by Crippen LogP contribution is 2.47. The molecule has 0 spiro atoms. The summed E-state index contributed by atoms with van der Waals surface area (Å²) < 4.78 is 49.1. The summed E-state index contributed by atoms with van der Waals surface area (Å²) in [6, 6.07) is 12.2. The van der Waals surface area contributed by atoms with E-state index in [2.05, 4.69) is 0 Å². The first-order chi connectivity index (χ1) is 15.3. The van der Waals surface area contributed by atoms with E-state index in [-0.39, 0.29) is 12.3 Å². The number of fused-ring (bicyclic) bond motifs is 2. The van der Waals surface area contributed by atoms with Crippen molar-refractivity contribution in [2.75, 3.05) is 24.6 Å². The lowest BCUT2D eigenvalue weighted by Gasteiger charge is -2.45.